The van der Waals surface area contributed by atoms with Crippen molar-refractivity contribution >= 4 is 22.8 Å². The molecule has 1 aliphatic rings. The summed E-state index contributed by atoms with van der Waals surface area (Å²) in [7, 11) is 0. The van der Waals surface area contributed by atoms with Gasteiger partial charge in [-0.2, -0.15) is 0 Å². The molecule has 8 nitrogen and oxygen atoms in total. The van der Waals surface area contributed by atoms with E-state index in [-0.39, 0.29) is 12.0 Å². The minimum Gasteiger partial charge on any atom is -0.506 e. The fourth-order valence-corrected chi connectivity index (χ4v) is 2.66. The molecule has 1 aromatic heterocycles. The number of carboxylic acid groups (broad SMARTS) is 1. The molecule has 27 heavy (non-hydrogen) atoms. The van der Waals surface area contributed by atoms with E-state index in [1.165, 1.54) is 12.8 Å². The molecule has 1 heterocycles. The van der Waals surface area contributed by atoms with E-state index in [2.05, 4.69) is 11.4 Å². The number of hydrogen-bond acceptors (Lipinski definition) is 5. The molecule has 0 radical (unpaired) electrons. The van der Waals surface area contributed by atoms with Crippen molar-refractivity contribution in [3.63, 3.8) is 0 Å². The van der Waals surface area contributed by atoms with Crippen LogP contribution in [-0.4, -0.2) is 40.0 Å². The summed E-state index contributed by atoms with van der Waals surface area (Å²) in [6.07, 6.45) is 7.11. The zero-order valence-electron chi connectivity index (χ0n) is 14.6. The van der Waals surface area contributed by atoms with Crippen molar-refractivity contribution in [3.8, 4) is 5.75 Å². The number of hydrogen-bond donors (Lipinski definition) is 3. The molecule has 0 saturated heterocycles. The highest BCUT2D eigenvalue weighted by Crippen LogP contribution is 2.30. The molecule has 2 aromatic rings. The lowest BCUT2D eigenvalue weighted by atomic mass is 10.1. The minimum atomic E-state index is -1.26. The van der Waals surface area contributed by atoms with Gasteiger partial charge >= 0.3 is 5.97 Å². The molecule has 0 bridgehead atoms. The van der Waals surface area contributed by atoms with Gasteiger partial charge in [0.25, 0.3) is 11.5 Å². The van der Waals surface area contributed by atoms with Crippen molar-refractivity contribution in [2.24, 2.45) is 5.92 Å². The minimum absolute atomic E-state index is 0.216. The van der Waals surface area contributed by atoms with Gasteiger partial charge < -0.3 is 20.4 Å². The summed E-state index contributed by atoms with van der Waals surface area (Å²) in [6.45, 7) is -0.453. The maximum Gasteiger partial charge on any atom is 0.322 e. The van der Waals surface area contributed by atoms with Crippen LogP contribution in [0.5, 0.6) is 5.75 Å². The van der Waals surface area contributed by atoms with Crippen molar-refractivity contribution in [1.82, 2.24) is 10.0 Å². The predicted molar refractivity (Wildman–Crippen MR) is 97.8 cm³/mol. The lowest BCUT2D eigenvalue weighted by Gasteiger charge is -2.14. The molecule has 3 N–H and O–H groups in total. The van der Waals surface area contributed by atoms with Crippen LogP contribution >= 0.6 is 0 Å². The van der Waals surface area contributed by atoms with Crippen molar-refractivity contribution < 1.29 is 24.6 Å². The van der Waals surface area contributed by atoms with Crippen LogP contribution in [0.25, 0.3) is 10.9 Å². The zero-order valence-corrected chi connectivity index (χ0v) is 14.6. The first-order valence-corrected chi connectivity index (χ1v) is 8.65. The molecule has 1 aliphatic carbocycles. The molecule has 0 atom stereocenters. The topological polar surface area (TPSA) is 118 Å². The standard InChI is InChI=1S/C19H20N2O6/c22-15(23)11-20-18(25)16-17(24)13-6-1-2-7-14(13)21(19(16)26)27-10-4-3-5-12-8-9-12/h1-3,5-7,12,24H,4,8-11H2,(H,20,25)(H,22,23). The molecular weight excluding hydrogens is 352 g/mol. The van der Waals surface area contributed by atoms with E-state index in [0.717, 1.165) is 4.73 Å². The van der Waals surface area contributed by atoms with Gasteiger partial charge in [-0.3, -0.25) is 14.4 Å². The van der Waals surface area contributed by atoms with Gasteiger partial charge in [-0.1, -0.05) is 24.3 Å². The number of para-hydroxylation sites is 1. The van der Waals surface area contributed by atoms with Gasteiger partial charge in [0.1, 0.15) is 18.9 Å². The smallest absolute Gasteiger partial charge is 0.322 e. The number of carbonyl (C=O) groups excluding carboxylic acids is 1. The summed E-state index contributed by atoms with van der Waals surface area (Å²) in [5.41, 5.74) is -1.08. The number of aliphatic carboxylic acids is 1. The van der Waals surface area contributed by atoms with Crippen LogP contribution in [0.3, 0.4) is 0 Å². The third-order valence-corrected chi connectivity index (χ3v) is 4.18. The molecule has 1 amide bonds. The quantitative estimate of drug-likeness (QED) is 0.475. The number of nitrogens with one attached hydrogen (secondary N) is 1. The summed E-state index contributed by atoms with van der Waals surface area (Å²) in [6, 6.07) is 6.47. The Kier molecular flexibility index (Phi) is 5.44. The van der Waals surface area contributed by atoms with Crippen LogP contribution in [-0.2, 0) is 4.79 Å². The second-order valence-corrected chi connectivity index (χ2v) is 6.30. The van der Waals surface area contributed by atoms with Crippen molar-refractivity contribution in [3.05, 3.63) is 52.3 Å². The summed E-state index contributed by atoms with van der Waals surface area (Å²) in [5, 5.41) is 21.4. The second kappa shape index (κ2) is 7.94. The van der Waals surface area contributed by atoms with Gasteiger partial charge in [0.2, 0.25) is 0 Å². The van der Waals surface area contributed by atoms with E-state index < -0.39 is 35.3 Å². The first kappa shape index (κ1) is 18.5. The van der Waals surface area contributed by atoms with Gasteiger partial charge in [-0.15, -0.1) is 4.73 Å². The van der Waals surface area contributed by atoms with Crippen molar-refractivity contribution in [1.29, 1.82) is 0 Å². The van der Waals surface area contributed by atoms with Gasteiger partial charge in [0.15, 0.2) is 5.56 Å². The fraction of sp³-hybridized carbons (Fsp3) is 0.316. The van der Waals surface area contributed by atoms with E-state index in [0.29, 0.717) is 17.9 Å². The highest BCUT2D eigenvalue weighted by molar-refractivity contribution is 6.02. The lowest BCUT2D eigenvalue weighted by molar-refractivity contribution is -0.135. The van der Waals surface area contributed by atoms with Gasteiger partial charge in [0.05, 0.1) is 5.52 Å². The number of rotatable bonds is 8. The maximum atomic E-state index is 12.7. The number of aromatic hydroxyl groups is 1. The Labute approximate surface area is 154 Å². The second-order valence-electron chi connectivity index (χ2n) is 6.30. The Hall–Kier alpha value is -3.29. The zero-order chi connectivity index (χ0) is 19.4. The molecular formula is C19H20N2O6. The number of amides is 1. The Morgan fingerprint density at radius 3 is 2.74 bits per heavy atom. The first-order chi connectivity index (χ1) is 13.0. The molecule has 0 aliphatic heterocycles. The third kappa shape index (κ3) is 4.28. The van der Waals surface area contributed by atoms with Crippen LogP contribution in [0.4, 0.5) is 0 Å². The Morgan fingerprint density at radius 2 is 2.04 bits per heavy atom. The molecule has 3 rings (SSSR count). The van der Waals surface area contributed by atoms with Crippen LogP contribution in [0.2, 0.25) is 0 Å². The van der Waals surface area contributed by atoms with E-state index >= 15 is 0 Å². The molecule has 1 fully saturated rings. The van der Waals surface area contributed by atoms with E-state index in [1.807, 2.05) is 6.08 Å². The molecule has 0 unspecified atom stereocenters. The number of carbonyl (C=O) groups is 2. The summed E-state index contributed by atoms with van der Waals surface area (Å²) < 4.78 is 0.968. The number of aromatic nitrogens is 1. The third-order valence-electron chi connectivity index (χ3n) is 4.18. The summed E-state index contributed by atoms with van der Waals surface area (Å²) in [5.74, 6) is -2.10. The number of allylic oxidation sites excluding steroid dienone is 1. The van der Waals surface area contributed by atoms with Crippen molar-refractivity contribution in [2.75, 3.05) is 13.2 Å². The summed E-state index contributed by atoms with van der Waals surface area (Å²) in [4.78, 5) is 41.2. The Bertz CT molecular complexity index is 959. The highest BCUT2D eigenvalue weighted by Gasteiger charge is 2.23. The van der Waals surface area contributed by atoms with Crippen LogP contribution in [0, 0.1) is 5.92 Å². The average molecular weight is 372 g/mol. The number of nitrogens with zero attached hydrogens (tertiary/aromatic N) is 1. The van der Waals surface area contributed by atoms with Gasteiger partial charge in [-0.05, 0) is 30.9 Å². The molecule has 8 heteroatoms. The molecule has 1 aromatic carbocycles. The summed E-state index contributed by atoms with van der Waals surface area (Å²) >= 11 is 0. The Balaban J connectivity index is 1.91. The number of benzene rings is 1. The number of fused-ring (bicyclic) bond motifs is 1. The normalized spacial score (nSPS) is 13.8. The monoisotopic (exact) mass is 372 g/mol. The van der Waals surface area contributed by atoms with Crippen LogP contribution < -0.4 is 15.7 Å². The van der Waals surface area contributed by atoms with Crippen LogP contribution in [0.15, 0.2) is 41.2 Å². The number of carboxylic acids is 1. The SMILES string of the molecule is O=C(O)CNC(=O)c1c(O)c2ccccc2n(OCCC=CC2CC2)c1=O. The predicted octanol–water partition coefficient (Wildman–Crippen LogP) is 1.31. The Morgan fingerprint density at radius 1 is 1.30 bits per heavy atom. The van der Waals surface area contributed by atoms with E-state index in [4.69, 9.17) is 9.94 Å². The van der Waals surface area contributed by atoms with Crippen molar-refractivity contribution in [2.45, 2.75) is 19.3 Å². The largest absolute Gasteiger partial charge is 0.506 e. The average Bonchev–Trinajstić information content (AvgIpc) is 3.46. The van der Waals surface area contributed by atoms with Crippen LogP contribution in [0.1, 0.15) is 29.6 Å². The molecule has 0 spiro atoms. The maximum absolute atomic E-state index is 12.7. The molecule has 142 valence electrons. The van der Waals surface area contributed by atoms with Gasteiger partial charge in [-0.25, -0.2) is 0 Å². The number of pyridine rings is 1. The van der Waals surface area contributed by atoms with Gasteiger partial charge in [0, 0.05) is 11.8 Å². The highest BCUT2D eigenvalue weighted by atomic mass is 16.7. The fourth-order valence-electron chi connectivity index (χ4n) is 2.66. The van der Waals surface area contributed by atoms with E-state index in [1.54, 1.807) is 24.3 Å². The molecule has 1 saturated carbocycles. The first-order valence-electron chi connectivity index (χ1n) is 8.65. The van der Waals surface area contributed by atoms with E-state index in [9.17, 15) is 19.5 Å². The lowest BCUT2D eigenvalue weighted by Crippen LogP contribution is -2.37.